The van der Waals surface area contributed by atoms with Crippen molar-refractivity contribution in [3.8, 4) is 11.5 Å². The van der Waals surface area contributed by atoms with Crippen molar-refractivity contribution in [1.29, 1.82) is 0 Å². The van der Waals surface area contributed by atoms with E-state index in [4.69, 9.17) is 18.8 Å². The van der Waals surface area contributed by atoms with Crippen LogP contribution in [0.5, 0.6) is 11.5 Å². The SMILES string of the molecule is COc1ccc(C(=O)N2CC=C(B3OC(C)(C)C(C)(C)O3)CC2)cc1OC1CCCC1. The van der Waals surface area contributed by atoms with Gasteiger partial charge in [0, 0.05) is 18.7 Å². The van der Waals surface area contributed by atoms with Gasteiger partial charge >= 0.3 is 7.12 Å². The molecule has 0 spiro atoms. The van der Waals surface area contributed by atoms with E-state index in [1.807, 2.05) is 23.1 Å². The Morgan fingerprint density at radius 1 is 1.10 bits per heavy atom. The first-order valence-corrected chi connectivity index (χ1v) is 11.4. The van der Waals surface area contributed by atoms with Crippen LogP contribution in [0.4, 0.5) is 0 Å². The van der Waals surface area contributed by atoms with E-state index >= 15 is 0 Å². The summed E-state index contributed by atoms with van der Waals surface area (Å²) in [4.78, 5) is 15.0. The molecule has 3 aliphatic rings. The van der Waals surface area contributed by atoms with Gasteiger partial charge in [-0.05, 0) is 83.5 Å². The highest BCUT2D eigenvalue weighted by molar-refractivity contribution is 6.54. The Labute approximate surface area is 186 Å². The van der Waals surface area contributed by atoms with Gasteiger partial charge in [-0.15, -0.1) is 0 Å². The van der Waals surface area contributed by atoms with Crippen molar-refractivity contribution in [1.82, 2.24) is 4.90 Å². The summed E-state index contributed by atoms with van der Waals surface area (Å²) in [6.07, 6.45) is 7.51. The highest BCUT2D eigenvalue weighted by atomic mass is 16.7. The average molecular weight is 427 g/mol. The lowest BCUT2D eigenvalue weighted by atomic mass is 9.74. The van der Waals surface area contributed by atoms with Crippen LogP contribution in [0, 0.1) is 0 Å². The fourth-order valence-corrected chi connectivity index (χ4v) is 4.35. The molecule has 6 nitrogen and oxygen atoms in total. The van der Waals surface area contributed by atoms with Crippen molar-refractivity contribution < 1.29 is 23.6 Å². The van der Waals surface area contributed by atoms with Crippen molar-refractivity contribution in [2.45, 2.75) is 77.1 Å². The Kier molecular flexibility index (Phi) is 6.10. The summed E-state index contributed by atoms with van der Waals surface area (Å²) < 4.78 is 23.9. The molecule has 4 rings (SSSR count). The molecule has 168 valence electrons. The van der Waals surface area contributed by atoms with Crippen LogP contribution >= 0.6 is 0 Å². The highest BCUT2D eigenvalue weighted by Gasteiger charge is 2.52. The second-order valence-corrected chi connectivity index (χ2v) is 9.76. The maximum Gasteiger partial charge on any atom is 0.490 e. The van der Waals surface area contributed by atoms with Crippen LogP contribution in [0.2, 0.25) is 0 Å². The molecule has 1 aromatic carbocycles. The largest absolute Gasteiger partial charge is 0.493 e. The van der Waals surface area contributed by atoms with Crippen LogP contribution in [-0.2, 0) is 9.31 Å². The first-order valence-electron chi connectivity index (χ1n) is 11.4. The zero-order valence-corrected chi connectivity index (χ0v) is 19.4. The zero-order chi connectivity index (χ0) is 22.2. The Morgan fingerprint density at radius 3 is 2.35 bits per heavy atom. The number of nitrogens with zero attached hydrogens (tertiary/aromatic N) is 1. The number of rotatable bonds is 5. The van der Waals surface area contributed by atoms with Crippen molar-refractivity contribution in [3.63, 3.8) is 0 Å². The molecule has 0 N–H and O–H groups in total. The van der Waals surface area contributed by atoms with Gasteiger partial charge in [0.05, 0.1) is 24.4 Å². The topological polar surface area (TPSA) is 57.2 Å². The summed E-state index contributed by atoms with van der Waals surface area (Å²) >= 11 is 0. The molecule has 1 amide bonds. The second-order valence-electron chi connectivity index (χ2n) is 9.76. The van der Waals surface area contributed by atoms with Crippen LogP contribution in [-0.4, -0.2) is 55.4 Å². The number of hydrogen-bond donors (Lipinski definition) is 0. The number of carbonyl (C=O) groups is 1. The maximum atomic E-state index is 13.2. The first-order chi connectivity index (χ1) is 14.7. The van der Waals surface area contributed by atoms with Gasteiger partial charge in [-0.3, -0.25) is 4.79 Å². The van der Waals surface area contributed by atoms with Crippen LogP contribution < -0.4 is 9.47 Å². The van der Waals surface area contributed by atoms with Crippen LogP contribution in [0.15, 0.2) is 29.7 Å². The number of ether oxygens (including phenoxy) is 2. The Bertz CT molecular complexity index is 844. The van der Waals surface area contributed by atoms with Crippen molar-refractivity contribution in [2.24, 2.45) is 0 Å². The fraction of sp³-hybridized carbons (Fsp3) is 0.625. The fourth-order valence-electron chi connectivity index (χ4n) is 4.35. The van der Waals surface area contributed by atoms with E-state index in [2.05, 4.69) is 33.8 Å². The molecule has 1 saturated heterocycles. The predicted octanol–water partition coefficient (Wildman–Crippen LogP) is 4.42. The van der Waals surface area contributed by atoms with E-state index < -0.39 is 0 Å². The van der Waals surface area contributed by atoms with Crippen LogP contribution in [0.25, 0.3) is 0 Å². The lowest BCUT2D eigenvalue weighted by Crippen LogP contribution is -2.41. The summed E-state index contributed by atoms with van der Waals surface area (Å²) in [5.74, 6) is 1.33. The lowest BCUT2D eigenvalue weighted by molar-refractivity contribution is 0.00578. The number of hydrogen-bond acceptors (Lipinski definition) is 5. The third kappa shape index (κ3) is 4.49. The molecular formula is C24H34BNO5. The minimum Gasteiger partial charge on any atom is -0.493 e. The summed E-state index contributed by atoms with van der Waals surface area (Å²) in [6.45, 7) is 9.41. The molecule has 1 aliphatic carbocycles. The summed E-state index contributed by atoms with van der Waals surface area (Å²) in [6, 6.07) is 5.47. The normalized spacial score (nSPS) is 23.1. The van der Waals surface area contributed by atoms with E-state index in [1.165, 1.54) is 12.8 Å². The molecule has 0 radical (unpaired) electrons. The van der Waals surface area contributed by atoms with Gasteiger partial charge < -0.3 is 23.7 Å². The highest BCUT2D eigenvalue weighted by Crippen LogP contribution is 2.39. The first kappa shape index (κ1) is 22.2. The minimum absolute atomic E-state index is 0.00291. The molecule has 2 fully saturated rings. The van der Waals surface area contributed by atoms with Crippen molar-refractivity contribution in [2.75, 3.05) is 20.2 Å². The molecular weight excluding hydrogens is 393 g/mol. The van der Waals surface area contributed by atoms with Crippen molar-refractivity contribution in [3.05, 3.63) is 35.3 Å². The molecule has 0 bridgehead atoms. The van der Waals surface area contributed by atoms with Crippen LogP contribution in [0.1, 0.15) is 70.2 Å². The number of benzene rings is 1. The van der Waals surface area contributed by atoms with E-state index in [0.29, 0.717) is 30.2 Å². The van der Waals surface area contributed by atoms with Gasteiger partial charge in [-0.2, -0.15) is 0 Å². The molecule has 0 atom stereocenters. The van der Waals surface area contributed by atoms with Gasteiger partial charge in [0.2, 0.25) is 0 Å². The quantitative estimate of drug-likeness (QED) is 0.652. The van der Waals surface area contributed by atoms with Gasteiger partial charge in [-0.25, -0.2) is 0 Å². The third-order valence-corrected chi connectivity index (χ3v) is 7.09. The number of methoxy groups -OCH3 is 1. The summed E-state index contributed by atoms with van der Waals surface area (Å²) in [7, 11) is 1.29. The van der Waals surface area contributed by atoms with Gasteiger partial charge in [-0.1, -0.05) is 6.08 Å². The minimum atomic E-state index is -0.357. The third-order valence-electron chi connectivity index (χ3n) is 7.09. The molecule has 2 heterocycles. The maximum absolute atomic E-state index is 13.2. The van der Waals surface area contributed by atoms with Crippen LogP contribution in [0.3, 0.4) is 0 Å². The van der Waals surface area contributed by atoms with Gasteiger partial charge in [0.15, 0.2) is 11.5 Å². The molecule has 0 unspecified atom stereocenters. The van der Waals surface area contributed by atoms with E-state index in [9.17, 15) is 4.79 Å². The Balaban J connectivity index is 1.44. The van der Waals surface area contributed by atoms with E-state index in [0.717, 1.165) is 24.7 Å². The molecule has 1 saturated carbocycles. The van der Waals surface area contributed by atoms with Crippen molar-refractivity contribution >= 4 is 13.0 Å². The van der Waals surface area contributed by atoms with Gasteiger partial charge in [0.1, 0.15) is 0 Å². The number of carbonyl (C=O) groups excluding carboxylic acids is 1. The predicted molar refractivity (Wildman–Crippen MR) is 121 cm³/mol. The molecule has 0 aromatic heterocycles. The molecule has 31 heavy (non-hydrogen) atoms. The molecule has 1 aromatic rings. The van der Waals surface area contributed by atoms with E-state index in [1.54, 1.807) is 7.11 Å². The average Bonchev–Trinajstić information content (AvgIpc) is 3.32. The summed E-state index contributed by atoms with van der Waals surface area (Å²) in [5.41, 5.74) is 1.03. The molecule has 7 heteroatoms. The number of amides is 1. The van der Waals surface area contributed by atoms with Gasteiger partial charge in [0.25, 0.3) is 5.91 Å². The monoisotopic (exact) mass is 427 g/mol. The zero-order valence-electron chi connectivity index (χ0n) is 19.4. The second kappa shape index (κ2) is 8.51. The summed E-state index contributed by atoms with van der Waals surface area (Å²) in [5, 5.41) is 0. The molecule has 2 aliphatic heterocycles. The van der Waals surface area contributed by atoms with E-state index in [-0.39, 0.29) is 30.3 Å². The smallest absolute Gasteiger partial charge is 0.490 e. The standard InChI is InChI=1S/C24H34BNO5/c1-23(2)24(3,4)31-25(30-23)18-12-14-26(15-13-18)22(27)17-10-11-20(28-5)21(16-17)29-19-8-6-7-9-19/h10-12,16,19H,6-9,13-15H2,1-5H3. The Morgan fingerprint density at radius 2 is 1.77 bits per heavy atom. The Hall–Kier alpha value is -1.99. The lowest BCUT2D eigenvalue weighted by Gasteiger charge is -2.32.